The average Bonchev–Trinajstić information content (AvgIpc) is 3.13. The Morgan fingerprint density at radius 2 is 0.756 bits per heavy atom. The van der Waals surface area contributed by atoms with Crippen LogP contribution in [0.4, 0.5) is 17.2 Å². The van der Waals surface area contributed by atoms with Crippen LogP contribution in [0.2, 0.25) is 0 Å². The third-order valence-corrected chi connectivity index (χ3v) is 8.52. The largest absolute Gasteiger partial charge is 0.294 e. The second-order valence-corrected chi connectivity index (χ2v) is 11.2. The summed E-state index contributed by atoms with van der Waals surface area (Å²) in [6, 6.07) is 62.5. The molecule has 0 aliphatic heterocycles. The SMILES string of the molecule is c1ccc(-c2ccc(-c3c4ccccc4c(N(c4ccc(-c5ccccc5)cc4)c4ccccn4)c4ccccc34)cc2)cc1. The van der Waals surface area contributed by atoms with Crippen LogP contribution in [-0.2, 0) is 0 Å². The molecule has 0 spiro atoms. The Labute approximate surface area is 263 Å². The van der Waals surface area contributed by atoms with Gasteiger partial charge >= 0.3 is 0 Å². The molecule has 0 aliphatic rings. The van der Waals surface area contributed by atoms with Gasteiger partial charge in [-0.15, -0.1) is 0 Å². The maximum Gasteiger partial charge on any atom is 0.137 e. The van der Waals surface area contributed by atoms with Crippen LogP contribution in [0.1, 0.15) is 0 Å². The molecule has 0 amide bonds. The number of hydrogen-bond donors (Lipinski definition) is 0. The molecule has 8 aromatic rings. The van der Waals surface area contributed by atoms with Crippen molar-refractivity contribution in [2.45, 2.75) is 0 Å². The van der Waals surface area contributed by atoms with Gasteiger partial charge in [0.1, 0.15) is 5.82 Å². The van der Waals surface area contributed by atoms with Crippen LogP contribution in [-0.4, -0.2) is 4.98 Å². The second-order valence-electron chi connectivity index (χ2n) is 11.2. The van der Waals surface area contributed by atoms with Gasteiger partial charge in [0.15, 0.2) is 0 Å². The van der Waals surface area contributed by atoms with E-state index in [1.165, 1.54) is 54.9 Å². The number of aromatic nitrogens is 1. The van der Waals surface area contributed by atoms with E-state index in [-0.39, 0.29) is 0 Å². The zero-order valence-electron chi connectivity index (χ0n) is 24.7. The summed E-state index contributed by atoms with van der Waals surface area (Å²) in [5, 5.41) is 4.77. The van der Waals surface area contributed by atoms with Crippen LogP contribution >= 0.6 is 0 Å². The molecule has 0 saturated heterocycles. The maximum absolute atomic E-state index is 4.87. The van der Waals surface area contributed by atoms with Gasteiger partial charge in [-0.1, -0.05) is 152 Å². The fourth-order valence-electron chi connectivity index (χ4n) is 6.41. The molecule has 1 aromatic heterocycles. The predicted octanol–water partition coefficient (Wildman–Crippen LogP) is 11.9. The monoisotopic (exact) mass is 574 g/mol. The average molecular weight is 575 g/mol. The standard InChI is InChI=1S/C43H30N2/c1-3-13-31(14-4-1)33-22-24-35(25-23-33)42-37-17-7-9-19-39(37)43(40-20-10-8-18-38(40)42)45(41-21-11-12-30-44-41)36-28-26-34(27-29-36)32-15-5-2-6-16-32/h1-30H. The highest BCUT2D eigenvalue weighted by Gasteiger charge is 2.22. The van der Waals surface area contributed by atoms with Gasteiger partial charge in [-0.3, -0.25) is 4.90 Å². The van der Waals surface area contributed by atoms with E-state index < -0.39 is 0 Å². The minimum atomic E-state index is 0.875. The Kier molecular flexibility index (Phi) is 6.86. The number of anilines is 3. The maximum atomic E-state index is 4.87. The molecule has 0 bridgehead atoms. The van der Waals surface area contributed by atoms with E-state index in [1.807, 2.05) is 12.3 Å². The minimum Gasteiger partial charge on any atom is -0.294 e. The molecule has 0 fully saturated rings. The third kappa shape index (κ3) is 4.93. The van der Waals surface area contributed by atoms with Crippen molar-refractivity contribution in [1.29, 1.82) is 0 Å². The smallest absolute Gasteiger partial charge is 0.137 e. The van der Waals surface area contributed by atoms with Crippen molar-refractivity contribution in [1.82, 2.24) is 4.98 Å². The molecule has 2 nitrogen and oxygen atoms in total. The Hall–Kier alpha value is -5.99. The van der Waals surface area contributed by atoms with E-state index >= 15 is 0 Å². The summed E-state index contributed by atoms with van der Waals surface area (Å²) in [6.07, 6.45) is 1.87. The summed E-state index contributed by atoms with van der Waals surface area (Å²) in [6.45, 7) is 0. The highest BCUT2D eigenvalue weighted by molar-refractivity contribution is 6.22. The number of hydrogen-bond acceptors (Lipinski definition) is 2. The fourth-order valence-corrected chi connectivity index (χ4v) is 6.41. The van der Waals surface area contributed by atoms with Crippen LogP contribution in [0.15, 0.2) is 182 Å². The van der Waals surface area contributed by atoms with Crippen LogP contribution in [0.25, 0.3) is 54.9 Å². The molecule has 0 saturated carbocycles. The lowest BCUT2D eigenvalue weighted by atomic mass is 9.89. The topological polar surface area (TPSA) is 16.1 Å². The normalized spacial score (nSPS) is 11.1. The highest BCUT2D eigenvalue weighted by atomic mass is 15.2. The summed E-state index contributed by atoms with van der Waals surface area (Å²) >= 11 is 0. The molecule has 0 aliphatic carbocycles. The Balaban J connectivity index is 1.36. The Morgan fingerprint density at radius 1 is 0.333 bits per heavy atom. The lowest BCUT2D eigenvalue weighted by Gasteiger charge is -2.28. The zero-order valence-corrected chi connectivity index (χ0v) is 24.7. The van der Waals surface area contributed by atoms with Crippen LogP contribution < -0.4 is 4.90 Å². The van der Waals surface area contributed by atoms with Gasteiger partial charge in [0.25, 0.3) is 0 Å². The summed E-state index contributed by atoms with van der Waals surface area (Å²) in [7, 11) is 0. The van der Waals surface area contributed by atoms with Crippen molar-refractivity contribution in [2.24, 2.45) is 0 Å². The third-order valence-electron chi connectivity index (χ3n) is 8.52. The summed E-state index contributed by atoms with van der Waals surface area (Å²) in [5.74, 6) is 0.875. The molecule has 0 atom stereocenters. The molecule has 0 radical (unpaired) electrons. The number of nitrogens with zero attached hydrogens (tertiary/aromatic N) is 2. The summed E-state index contributed by atoms with van der Waals surface area (Å²) < 4.78 is 0. The van der Waals surface area contributed by atoms with E-state index in [9.17, 15) is 0 Å². The molecule has 7 aromatic carbocycles. The summed E-state index contributed by atoms with van der Waals surface area (Å²) in [5.41, 5.74) is 9.44. The predicted molar refractivity (Wildman–Crippen MR) is 190 cm³/mol. The second kappa shape index (κ2) is 11.6. The first-order valence-corrected chi connectivity index (χ1v) is 15.3. The molecule has 2 heteroatoms. The first kappa shape index (κ1) is 26.6. The van der Waals surface area contributed by atoms with Crippen LogP contribution in [0.3, 0.4) is 0 Å². The van der Waals surface area contributed by atoms with Crippen molar-refractivity contribution in [3.8, 4) is 33.4 Å². The van der Waals surface area contributed by atoms with Crippen molar-refractivity contribution in [2.75, 3.05) is 4.90 Å². The van der Waals surface area contributed by atoms with Gasteiger partial charge in [0.2, 0.25) is 0 Å². The first-order chi connectivity index (χ1) is 22.3. The molecule has 8 rings (SSSR count). The van der Waals surface area contributed by atoms with E-state index in [0.29, 0.717) is 0 Å². The van der Waals surface area contributed by atoms with Crippen molar-refractivity contribution >= 4 is 38.7 Å². The number of rotatable bonds is 6. The summed E-state index contributed by atoms with van der Waals surface area (Å²) in [4.78, 5) is 7.18. The van der Waals surface area contributed by atoms with Crippen molar-refractivity contribution in [3.05, 3.63) is 182 Å². The van der Waals surface area contributed by atoms with Gasteiger partial charge in [-0.25, -0.2) is 4.98 Å². The minimum absolute atomic E-state index is 0.875. The Morgan fingerprint density at radius 3 is 1.27 bits per heavy atom. The molecular weight excluding hydrogens is 544 g/mol. The van der Waals surface area contributed by atoms with E-state index in [0.717, 1.165) is 17.2 Å². The number of pyridine rings is 1. The quantitative estimate of drug-likeness (QED) is 0.184. The molecule has 0 unspecified atom stereocenters. The van der Waals surface area contributed by atoms with Gasteiger partial charge in [-0.05, 0) is 68.4 Å². The van der Waals surface area contributed by atoms with Gasteiger partial charge in [-0.2, -0.15) is 0 Å². The van der Waals surface area contributed by atoms with E-state index in [4.69, 9.17) is 4.98 Å². The van der Waals surface area contributed by atoms with Crippen molar-refractivity contribution in [3.63, 3.8) is 0 Å². The van der Waals surface area contributed by atoms with Crippen LogP contribution in [0.5, 0.6) is 0 Å². The lowest BCUT2D eigenvalue weighted by Crippen LogP contribution is -2.12. The molecule has 0 N–H and O–H groups in total. The van der Waals surface area contributed by atoms with Crippen molar-refractivity contribution < 1.29 is 0 Å². The number of fused-ring (bicyclic) bond motifs is 2. The van der Waals surface area contributed by atoms with Gasteiger partial charge in [0.05, 0.1) is 5.69 Å². The molecule has 212 valence electrons. The fraction of sp³-hybridized carbons (Fsp3) is 0. The first-order valence-electron chi connectivity index (χ1n) is 15.3. The lowest BCUT2D eigenvalue weighted by molar-refractivity contribution is 1.19. The van der Waals surface area contributed by atoms with E-state index in [2.05, 4.69) is 175 Å². The molecule has 1 heterocycles. The molecular formula is C43H30N2. The van der Waals surface area contributed by atoms with Gasteiger partial charge in [0, 0.05) is 22.7 Å². The van der Waals surface area contributed by atoms with E-state index in [1.54, 1.807) is 0 Å². The molecule has 45 heavy (non-hydrogen) atoms. The zero-order chi connectivity index (χ0) is 30.0. The van der Waals surface area contributed by atoms with Gasteiger partial charge < -0.3 is 0 Å². The Bertz CT molecular complexity index is 2170. The number of benzene rings is 7. The highest BCUT2D eigenvalue weighted by Crippen LogP contribution is 2.47. The van der Waals surface area contributed by atoms with Crippen LogP contribution in [0, 0.1) is 0 Å².